The van der Waals surface area contributed by atoms with E-state index in [2.05, 4.69) is 15.5 Å². The van der Waals surface area contributed by atoms with Crippen LogP contribution in [0.3, 0.4) is 0 Å². The van der Waals surface area contributed by atoms with Crippen molar-refractivity contribution in [1.29, 1.82) is 0 Å². The predicted molar refractivity (Wildman–Crippen MR) is 111 cm³/mol. The number of aromatic nitrogens is 2. The van der Waals surface area contributed by atoms with Gasteiger partial charge in [0, 0.05) is 18.3 Å². The van der Waals surface area contributed by atoms with Crippen molar-refractivity contribution in [3.8, 4) is 5.75 Å². The second-order valence-corrected chi connectivity index (χ2v) is 10.7. The highest BCUT2D eigenvalue weighted by molar-refractivity contribution is 8.01. The molecule has 2 heterocycles. The first-order chi connectivity index (χ1) is 13.4. The minimum absolute atomic E-state index is 0.0615. The van der Waals surface area contributed by atoms with Crippen LogP contribution in [0.2, 0.25) is 0 Å². The van der Waals surface area contributed by atoms with Crippen LogP contribution in [0.1, 0.15) is 13.3 Å². The largest absolute Gasteiger partial charge is 0.497 e. The van der Waals surface area contributed by atoms with Crippen molar-refractivity contribution in [1.82, 2.24) is 15.1 Å². The molecule has 0 saturated carbocycles. The van der Waals surface area contributed by atoms with Crippen molar-refractivity contribution in [3.63, 3.8) is 0 Å². The minimum atomic E-state index is -3.02. The van der Waals surface area contributed by atoms with E-state index in [0.717, 1.165) is 11.4 Å². The second-order valence-electron chi connectivity index (χ2n) is 6.25. The lowest BCUT2D eigenvalue weighted by molar-refractivity contribution is -0.129. The van der Waals surface area contributed by atoms with Gasteiger partial charge in [0.05, 0.1) is 24.4 Å². The van der Waals surface area contributed by atoms with Gasteiger partial charge < -0.3 is 15.0 Å². The quantitative estimate of drug-likeness (QED) is 0.622. The minimum Gasteiger partial charge on any atom is -0.497 e. The van der Waals surface area contributed by atoms with Gasteiger partial charge in [-0.2, -0.15) is 0 Å². The monoisotopic (exact) mass is 442 g/mol. The average Bonchev–Trinajstić information content (AvgIpc) is 3.27. The Morgan fingerprint density at radius 3 is 2.71 bits per heavy atom. The summed E-state index contributed by atoms with van der Waals surface area (Å²) in [6.07, 6.45) is 0.515. The molecular weight excluding hydrogens is 420 g/mol. The summed E-state index contributed by atoms with van der Waals surface area (Å²) >= 11 is 2.68. The van der Waals surface area contributed by atoms with Crippen LogP contribution in [0.25, 0.3) is 0 Å². The Morgan fingerprint density at radius 2 is 2.11 bits per heavy atom. The number of thioether (sulfide) groups is 1. The van der Waals surface area contributed by atoms with Crippen LogP contribution < -0.4 is 10.1 Å². The fraction of sp³-hybridized carbons (Fsp3) is 0.471. The number of carbonyl (C=O) groups excluding carboxylic acids is 1. The molecule has 0 radical (unpaired) electrons. The van der Waals surface area contributed by atoms with E-state index in [1.54, 1.807) is 12.0 Å². The molecule has 8 nitrogen and oxygen atoms in total. The smallest absolute Gasteiger partial charge is 0.233 e. The summed E-state index contributed by atoms with van der Waals surface area (Å²) in [7, 11) is -1.40. The number of nitrogens with zero attached hydrogens (tertiary/aromatic N) is 3. The van der Waals surface area contributed by atoms with Crippen molar-refractivity contribution in [2.45, 2.75) is 23.7 Å². The van der Waals surface area contributed by atoms with Crippen molar-refractivity contribution in [2.24, 2.45) is 0 Å². The van der Waals surface area contributed by atoms with Crippen LogP contribution in [-0.2, 0) is 14.6 Å². The third kappa shape index (κ3) is 5.36. The van der Waals surface area contributed by atoms with Gasteiger partial charge in [0.25, 0.3) is 0 Å². The van der Waals surface area contributed by atoms with E-state index < -0.39 is 9.84 Å². The summed E-state index contributed by atoms with van der Waals surface area (Å²) in [5, 5.41) is 12.0. The van der Waals surface area contributed by atoms with Crippen LogP contribution in [0.5, 0.6) is 5.75 Å². The maximum Gasteiger partial charge on any atom is 0.233 e. The lowest BCUT2D eigenvalue weighted by Gasteiger charge is -2.26. The van der Waals surface area contributed by atoms with Gasteiger partial charge in [-0.1, -0.05) is 23.1 Å². The number of ether oxygens (including phenoxy) is 1. The van der Waals surface area contributed by atoms with E-state index in [1.165, 1.54) is 23.1 Å². The number of hydrogen-bond acceptors (Lipinski definition) is 9. The van der Waals surface area contributed by atoms with Gasteiger partial charge in [-0.3, -0.25) is 4.79 Å². The van der Waals surface area contributed by atoms with Crippen LogP contribution in [0.4, 0.5) is 10.8 Å². The molecule has 3 rings (SSSR count). The summed E-state index contributed by atoms with van der Waals surface area (Å²) < 4.78 is 29.2. The molecule has 1 N–H and O–H groups in total. The highest BCUT2D eigenvalue weighted by atomic mass is 32.2. The molecule has 1 saturated heterocycles. The van der Waals surface area contributed by atoms with Gasteiger partial charge in [-0.25, -0.2) is 8.42 Å². The summed E-state index contributed by atoms with van der Waals surface area (Å²) in [6, 6.07) is 7.24. The Hall–Kier alpha value is -1.85. The molecule has 11 heteroatoms. The molecule has 0 aliphatic carbocycles. The molecule has 1 aromatic heterocycles. The van der Waals surface area contributed by atoms with Gasteiger partial charge in [0.15, 0.2) is 14.2 Å². The number of rotatable bonds is 8. The van der Waals surface area contributed by atoms with Crippen LogP contribution >= 0.6 is 23.1 Å². The summed E-state index contributed by atoms with van der Waals surface area (Å²) in [4.78, 5) is 14.2. The molecular formula is C17H22N4O4S3. The van der Waals surface area contributed by atoms with Crippen LogP contribution in [0, 0.1) is 0 Å². The van der Waals surface area contributed by atoms with E-state index in [9.17, 15) is 13.2 Å². The zero-order chi connectivity index (χ0) is 20.1. The molecule has 0 spiro atoms. The van der Waals surface area contributed by atoms with Crippen LogP contribution in [0.15, 0.2) is 28.6 Å². The second kappa shape index (κ2) is 9.10. The number of methoxy groups -OCH3 is 1. The molecule has 1 aromatic carbocycles. The van der Waals surface area contributed by atoms with Crippen LogP contribution in [-0.4, -0.2) is 66.4 Å². The third-order valence-corrected chi connectivity index (χ3v) is 8.08. The molecule has 1 fully saturated rings. The lowest BCUT2D eigenvalue weighted by Crippen LogP contribution is -2.41. The van der Waals surface area contributed by atoms with Gasteiger partial charge in [-0.05, 0) is 37.6 Å². The number of hydrogen-bond donors (Lipinski definition) is 1. The van der Waals surface area contributed by atoms with E-state index >= 15 is 0 Å². The highest BCUT2D eigenvalue weighted by Gasteiger charge is 2.33. The molecule has 1 amide bonds. The Kier molecular flexibility index (Phi) is 6.78. The number of benzene rings is 1. The number of anilines is 2. The Bertz CT molecular complexity index is 915. The fourth-order valence-corrected chi connectivity index (χ4v) is 6.37. The first-order valence-corrected chi connectivity index (χ1v) is 12.4. The maximum atomic E-state index is 12.5. The van der Waals surface area contributed by atoms with E-state index in [-0.39, 0.29) is 29.2 Å². The first kappa shape index (κ1) is 20.9. The van der Waals surface area contributed by atoms with Gasteiger partial charge >= 0.3 is 0 Å². The Balaban J connectivity index is 1.53. The highest BCUT2D eigenvalue weighted by Crippen LogP contribution is 2.29. The SMILES string of the molecule is CCN(C(=O)CSc1nnc(Nc2ccc(OC)cc2)s1)C1CCS(=O)(=O)C1. The predicted octanol–water partition coefficient (Wildman–Crippen LogP) is 2.42. The number of sulfone groups is 1. The lowest BCUT2D eigenvalue weighted by atomic mass is 10.2. The summed E-state index contributed by atoms with van der Waals surface area (Å²) in [5.41, 5.74) is 0.865. The normalized spacial score (nSPS) is 18.0. The summed E-state index contributed by atoms with van der Waals surface area (Å²) in [6.45, 7) is 2.37. The zero-order valence-electron chi connectivity index (χ0n) is 15.6. The molecule has 152 valence electrons. The topological polar surface area (TPSA) is 101 Å². The molecule has 1 atom stereocenters. The molecule has 1 aliphatic heterocycles. The molecule has 1 unspecified atom stereocenters. The Morgan fingerprint density at radius 1 is 1.36 bits per heavy atom. The average molecular weight is 443 g/mol. The van der Waals surface area contributed by atoms with Crippen molar-refractivity contribution in [3.05, 3.63) is 24.3 Å². The standard InChI is InChI=1S/C17H22N4O4S3/c1-3-21(13-8-9-28(23,24)11-13)15(22)10-26-17-20-19-16(27-17)18-12-4-6-14(25-2)7-5-12/h4-7,13H,3,8-11H2,1-2H3,(H,18,19). The number of amides is 1. The molecule has 1 aliphatic rings. The zero-order valence-corrected chi connectivity index (χ0v) is 18.1. The molecule has 28 heavy (non-hydrogen) atoms. The van der Waals surface area contributed by atoms with E-state index in [0.29, 0.717) is 22.4 Å². The van der Waals surface area contributed by atoms with E-state index in [1.807, 2.05) is 31.2 Å². The summed E-state index contributed by atoms with van der Waals surface area (Å²) in [5.74, 6) is 1.13. The molecule has 0 bridgehead atoms. The maximum absolute atomic E-state index is 12.5. The fourth-order valence-electron chi connectivity index (χ4n) is 2.98. The Labute approximate surface area is 172 Å². The van der Waals surface area contributed by atoms with Crippen molar-refractivity contribution >= 4 is 49.7 Å². The van der Waals surface area contributed by atoms with Gasteiger partial charge in [0.2, 0.25) is 11.0 Å². The number of carbonyl (C=O) groups is 1. The van der Waals surface area contributed by atoms with Gasteiger partial charge in [-0.15, -0.1) is 10.2 Å². The number of nitrogens with one attached hydrogen (secondary N) is 1. The third-order valence-electron chi connectivity index (χ3n) is 4.38. The molecule has 2 aromatic rings. The van der Waals surface area contributed by atoms with Gasteiger partial charge in [0.1, 0.15) is 5.75 Å². The van der Waals surface area contributed by atoms with Crippen molar-refractivity contribution < 1.29 is 17.9 Å². The van der Waals surface area contributed by atoms with E-state index in [4.69, 9.17) is 4.74 Å². The first-order valence-electron chi connectivity index (χ1n) is 8.77. The van der Waals surface area contributed by atoms with Crippen molar-refractivity contribution in [2.75, 3.05) is 36.2 Å².